The van der Waals surface area contributed by atoms with Crippen molar-refractivity contribution in [3.05, 3.63) is 36.1 Å². The minimum Gasteiger partial charge on any atom is -0.465 e. The van der Waals surface area contributed by atoms with E-state index in [0.29, 0.717) is 23.3 Å². The van der Waals surface area contributed by atoms with Crippen molar-refractivity contribution in [3.63, 3.8) is 0 Å². The normalized spacial score (nSPS) is 24.0. The van der Waals surface area contributed by atoms with Crippen molar-refractivity contribution in [1.29, 1.82) is 0 Å². The Bertz CT molecular complexity index is 1000. The number of anilines is 1. The van der Waals surface area contributed by atoms with Gasteiger partial charge >= 0.3 is 0 Å². The van der Waals surface area contributed by atoms with Crippen LogP contribution < -0.4 is 14.8 Å². The molecule has 1 heterocycles. The zero-order chi connectivity index (χ0) is 21.3. The van der Waals surface area contributed by atoms with Crippen molar-refractivity contribution < 1.29 is 22.5 Å². The summed E-state index contributed by atoms with van der Waals surface area (Å²) in [5.41, 5.74) is 0.486. The van der Waals surface area contributed by atoms with Crippen molar-refractivity contribution in [3.8, 4) is 5.88 Å². The van der Waals surface area contributed by atoms with E-state index >= 15 is 0 Å². The second kappa shape index (κ2) is 8.39. The van der Waals surface area contributed by atoms with Crippen LogP contribution in [0.3, 0.4) is 0 Å². The molecular formula is C21H27N3O5S. The lowest BCUT2D eigenvalue weighted by molar-refractivity contribution is -0.118. The Balaban J connectivity index is 1.31. The van der Waals surface area contributed by atoms with Gasteiger partial charge in [0, 0.05) is 17.8 Å². The first-order chi connectivity index (χ1) is 14.3. The number of nitrogens with one attached hydrogen (secondary N) is 2. The number of carbonyl (C=O) groups excluding carboxylic acids is 1. The van der Waals surface area contributed by atoms with E-state index in [1.165, 1.54) is 31.4 Å². The molecule has 8 nitrogen and oxygen atoms in total. The fourth-order valence-electron chi connectivity index (χ4n) is 4.77. The van der Waals surface area contributed by atoms with E-state index < -0.39 is 10.0 Å². The molecule has 30 heavy (non-hydrogen) atoms. The van der Waals surface area contributed by atoms with E-state index in [1.807, 2.05) is 6.92 Å². The van der Waals surface area contributed by atoms with Gasteiger partial charge in [-0.25, -0.2) is 13.1 Å². The molecule has 2 N–H and O–H groups in total. The Labute approximate surface area is 176 Å². The van der Waals surface area contributed by atoms with Crippen LogP contribution in [0.4, 0.5) is 5.69 Å². The molecule has 0 aliphatic heterocycles. The number of hydrogen-bond acceptors (Lipinski definition) is 6. The molecule has 0 radical (unpaired) electrons. The quantitative estimate of drug-likeness (QED) is 0.662. The third kappa shape index (κ3) is 4.67. The van der Waals surface area contributed by atoms with Gasteiger partial charge in [0.1, 0.15) is 5.76 Å². The Morgan fingerprint density at radius 3 is 2.63 bits per heavy atom. The van der Waals surface area contributed by atoms with E-state index in [1.54, 1.807) is 25.1 Å². The van der Waals surface area contributed by atoms with Gasteiger partial charge < -0.3 is 14.6 Å². The van der Waals surface area contributed by atoms with Gasteiger partial charge in [0.05, 0.1) is 4.90 Å². The molecule has 9 heteroatoms. The molecule has 2 saturated carbocycles. The first kappa shape index (κ1) is 20.9. The van der Waals surface area contributed by atoms with Crippen molar-refractivity contribution >= 4 is 21.6 Å². The molecule has 162 valence electrons. The van der Waals surface area contributed by atoms with Gasteiger partial charge in [-0.15, -0.1) is 0 Å². The molecule has 0 saturated heterocycles. The van der Waals surface area contributed by atoms with E-state index in [4.69, 9.17) is 9.26 Å². The fourth-order valence-corrected chi connectivity index (χ4v) is 6.07. The van der Waals surface area contributed by atoms with Crippen molar-refractivity contribution in [1.82, 2.24) is 9.88 Å². The highest BCUT2D eigenvalue weighted by Crippen LogP contribution is 2.49. The summed E-state index contributed by atoms with van der Waals surface area (Å²) in [5, 5.41) is 6.31. The lowest BCUT2D eigenvalue weighted by atomic mass is 9.84. The van der Waals surface area contributed by atoms with Gasteiger partial charge in [0.15, 0.2) is 6.61 Å². The Hall–Kier alpha value is -2.39. The van der Waals surface area contributed by atoms with Crippen molar-refractivity contribution in [2.75, 3.05) is 11.9 Å². The monoisotopic (exact) mass is 433 g/mol. The predicted octanol–water partition coefficient (Wildman–Crippen LogP) is 3.10. The Morgan fingerprint density at radius 2 is 2.03 bits per heavy atom. The van der Waals surface area contributed by atoms with Gasteiger partial charge in [-0.3, -0.25) is 4.79 Å². The van der Waals surface area contributed by atoms with E-state index in [-0.39, 0.29) is 29.3 Å². The van der Waals surface area contributed by atoms with Crippen LogP contribution in [-0.2, 0) is 14.8 Å². The number of fused-ring (bicyclic) bond motifs is 2. The third-order valence-electron chi connectivity index (χ3n) is 6.18. The number of benzene rings is 1. The fraction of sp³-hybridized carbons (Fsp3) is 0.524. The average molecular weight is 434 g/mol. The smallest absolute Gasteiger partial charge is 0.262 e. The van der Waals surface area contributed by atoms with Crippen LogP contribution in [0.25, 0.3) is 0 Å². The molecule has 4 atom stereocenters. The second-order valence-electron chi connectivity index (χ2n) is 8.39. The number of aromatic nitrogens is 1. The lowest BCUT2D eigenvalue weighted by Crippen LogP contribution is -2.40. The number of rotatable bonds is 8. The number of ether oxygens (including phenoxy) is 1. The first-order valence-corrected chi connectivity index (χ1v) is 11.8. The number of nitrogens with zero attached hydrogens (tertiary/aromatic N) is 1. The maximum atomic E-state index is 12.8. The van der Waals surface area contributed by atoms with Gasteiger partial charge in [-0.05, 0) is 80.3 Å². The summed E-state index contributed by atoms with van der Waals surface area (Å²) in [7, 11) is -3.61. The molecule has 4 rings (SSSR count). The summed E-state index contributed by atoms with van der Waals surface area (Å²) in [6.45, 7) is 3.46. The summed E-state index contributed by atoms with van der Waals surface area (Å²) >= 11 is 0. The number of sulfonamides is 1. The zero-order valence-corrected chi connectivity index (χ0v) is 17.9. The second-order valence-corrected chi connectivity index (χ2v) is 10.1. The Kier molecular flexibility index (Phi) is 5.84. The van der Waals surface area contributed by atoms with Gasteiger partial charge in [0.25, 0.3) is 11.8 Å². The van der Waals surface area contributed by atoms with Gasteiger partial charge in [-0.2, -0.15) is 0 Å². The van der Waals surface area contributed by atoms with E-state index in [2.05, 4.69) is 15.2 Å². The van der Waals surface area contributed by atoms with Crippen LogP contribution in [-0.4, -0.2) is 32.1 Å². The van der Waals surface area contributed by atoms with Crippen molar-refractivity contribution in [2.45, 2.75) is 50.5 Å². The largest absolute Gasteiger partial charge is 0.465 e. The third-order valence-corrected chi connectivity index (χ3v) is 7.76. The highest BCUT2D eigenvalue weighted by atomic mass is 32.2. The summed E-state index contributed by atoms with van der Waals surface area (Å²) in [6.07, 6.45) is 4.87. The lowest BCUT2D eigenvalue weighted by Gasteiger charge is -2.28. The Morgan fingerprint density at radius 1 is 1.27 bits per heavy atom. The topological polar surface area (TPSA) is 111 Å². The molecule has 2 aromatic rings. The highest BCUT2D eigenvalue weighted by Gasteiger charge is 2.42. The summed E-state index contributed by atoms with van der Waals surface area (Å²) in [4.78, 5) is 12.2. The van der Waals surface area contributed by atoms with Crippen LogP contribution in [0.2, 0.25) is 0 Å². The van der Waals surface area contributed by atoms with Crippen molar-refractivity contribution in [2.24, 2.45) is 17.8 Å². The minimum absolute atomic E-state index is 0.0815. The summed E-state index contributed by atoms with van der Waals surface area (Å²) in [5.74, 6) is 2.28. The van der Waals surface area contributed by atoms with Gasteiger partial charge in [-0.1, -0.05) is 6.42 Å². The number of amides is 1. The maximum absolute atomic E-state index is 12.8. The van der Waals surface area contributed by atoms with E-state index in [0.717, 1.165) is 12.3 Å². The summed E-state index contributed by atoms with van der Waals surface area (Å²) in [6, 6.07) is 7.62. The molecule has 1 amide bonds. The SMILES string of the molecule is Cc1cc(OCC(=O)Nc2ccc(S(=O)(=O)N[C@H](C)[C@@H]3C[C@H]4CC[C@H]3C4)cc2)no1. The molecule has 1 aromatic carbocycles. The number of carbonyl (C=O) groups is 1. The molecule has 2 aliphatic carbocycles. The number of hydrogen-bond donors (Lipinski definition) is 2. The van der Waals surface area contributed by atoms with Crippen LogP contribution >= 0.6 is 0 Å². The van der Waals surface area contributed by atoms with Crippen LogP contribution in [0.5, 0.6) is 5.88 Å². The first-order valence-electron chi connectivity index (χ1n) is 10.3. The molecule has 2 bridgehead atoms. The molecular weight excluding hydrogens is 406 g/mol. The maximum Gasteiger partial charge on any atom is 0.262 e. The molecule has 0 spiro atoms. The highest BCUT2D eigenvalue weighted by molar-refractivity contribution is 7.89. The van der Waals surface area contributed by atoms with Gasteiger partial charge in [0.2, 0.25) is 10.0 Å². The molecule has 1 aromatic heterocycles. The molecule has 0 unspecified atom stereocenters. The summed E-state index contributed by atoms with van der Waals surface area (Å²) < 4.78 is 38.5. The molecule has 2 fully saturated rings. The average Bonchev–Trinajstić information content (AvgIpc) is 3.43. The van der Waals surface area contributed by atoms with E-state index in [9.17, 15) is 13.2 Å². The van der Waals surface area contributed by atoms with Crippen LogP contribution in [0.15, 0.2) is 39.8 Å². The zero-order valence-electron chi connectivity index (χ0n) is 17.1. The standard InChI is InChI=1S/C21H27N3O5S/c1-13-9-21(23-29-13)28-12-20(25)22-17-5-7-18(8-6-17)30(26,27)24-14(2)19-11-15-3-4-16(19)10-15/h5-9,14-16,19,24H,3-4,10-12H2,1-2H3,(H,22,25)/t14-,15+,16+,19+/m1/s1. The molecule has 2 aliphatic rings. The predicted molar refractivity (Wildman–Crippen MR) is 111 cm³/mol. The number of aryl methyl sites for hydroxylation is 1. The van der Waals surface area contributed by atoms with Crippen LogP contribution in [0, 0.1) is 24.7 Å². The van der Waals surface area contributed by atoms with Crippen LogP contribution in [0.1, 0.15) is 38.4 Å². The minimum atomic E-state index is -3.61.